The summed E-state index contributed by atoms with van der Waals surface area (Å²) < 4.78 is 4.89. The van der Waals surface area contributed by atoms with Gasteiger partial charge in [-0.05, 0) is 18.4 Å². The Labute approximate surface area is 126 Å². The number of hydrogen-bond acceptors (Lipinski definition) is 5. The lowest BCUT2D eigenvalue weighted by molar-refractivity contribution is -0.385. The molecule has 0 heterocycles. The zero-order chi connectivity index (χ0) is 16.3. The third-order valence-corrected chi connectivity index (χ3v) is 3.51. The number of carboxylic acid groups (broad SMARTS) is 1. The molecule has 0 aliphatic heterocycles. The van der Waals surface area contributed by atoms with E-state index >= 15 is 0 Å². The van der Waals surface area contributed by atoms with Gasteiger partial charge in [-0.3, -0.25) is 14.9 Å². The molecule has 1 saturated carbocycles. The summed E-state index contributed by atoms with van der Waals surface area (Å²) in [6.45, 7) is 0. The highest BCUT2D eigenvalue weighted by Crippen LogP contribution is 2.33. The summed E-state index contributed by atoms with van der Waals surface area (Å²) in [5.74, 6) is -1.39. The molecule has 0 spiro atoms. The maximum atomic E-state index is 12.1. The topological polar surface area (TPSA) is 119 Å². The number of carbonyl (C=O) groups excluding carboxylic acids is 1. The smallest absolute Gasteiger partial charge is 0.326 e. The Kier molecular flexibility index (Phi) is 4.59. The summed E-state index contributed by atoms with van der Waals surface area (Å²) in [6, 6.07) is 2.70. The van der Waals surface area contributed by atoms with Crippen molar-refractivity contribution in [3.63, 3.8) is 0 Å². The lowest BCUT2D eigenvalue weighted by Gasteiger charge is -2.14. The Morgan fingerprint density at radius 1 is 1.50 bits per heavy atom. The molecular weight excluding hydrogens is 292 g/mol. The van der Waals surface area contributed by atoms with Gasteiger partial charge in [0.25, 0.3) is 5.91 Å². The fourth-order valence-corrected chi connectivity index (χ4v) is 2.12. The maximum Gasteiger partial charge on any atom is 0.326 e. The van der Waals surface area contributed by atoms with Crippen LogP contribution in [0.4, 0.5) is 5.69 Å². The Morgan fingerprint density at radius 2 is 2.18 bits per heavy atom. The molecule has 1 atom stereocenters. The summed E-state index contributed by atoms with van der Waals surface area (Å²) in [4.78, 5) is 33.5. The molecule has 0 bridgehead atoms. The molecule has 1 aliphatic rings. The number of nitro groups is 1. The molecule has 0 saturated heterocycles. The molecule has 1 aromatic rings. The van der Waals surface area contributed by atoms with E-state index in [2.05, 4.69) is 5.32 Å². The molecule has 0 radical (unpaired) electrons. The fourth-order valence-electron chi connectivity index (χ4n) is 2.12. The van der Waals surface area contributed by atoms with Crippen molar-refractivity contribution in [1.29, 1.82) is 0 Å². The van der Waals surface area contributed by atoms with Crippen molar-refractivity contribution in [3.05, 3.63) is 33.9 Å². The van der Waals surface area contributed by atoms with Crippen LogP contribution < -0.4 is 10.1 Å². The first-order valence-corrected chi connectivity index (χ1v) is 6.78. The third kappa shape index (κ3) is 3.72. The molecule has 118 valence electrons. The number of nitro benzene ring substituents is 1. The van der Waals surface area contributed by atoms with Crippen LogP contribution in [0.15, 0.2) is 18.2 Å². The number of aliphatic carboxylic acids is 1. The van der Waals surface area contributed by atoms with E-state index in [1.165, 1.54) is 19.2 Å². The summed E-state index contributed by atoms with van der Waals surface area (Å²) >= 11 is 0. The second kappa shape index (κ2) is 6.42. The van der Waals surface area contributed by atoms with E-state index in [0.717, 1.165) is 18.9 Å². The van der Waals surface area contributed by atoms with E-state index in [-0.39, 0.29) is 17.0 Å². The molecule has 1 amide bonds. The summed E-state index contributed by atoms with van der Waals surface area (Å²) in [6.07, 6.45) is 2.35. The zero-order valence-corrected chi connectivity index (χ0v) is 11.9. The van der Waals surface area contributed by atoms with Crippen LogP contribution in [-0.2, 0) is 4.79 Å². The Hall–Kier alpha value is -2.64. The predicted octanol–water partition coefficient (Wildman–Crippen LogP) is 1.59. The quantitative estimate of drug-likeness (QED) is 0.583. The lowest BCUT2D eigenvalue weighted by Crippen LogP contribution is -2.41. The molecule has 8 nitrogen and oxygen atoms in total. The van der Waals surface area contributed by atoms with Crippen LogP contribution in [0.2, 0.25) is 0 Å². The summed E-state index contributed by atoms with van der Waals surface area (Å²) in [5, 5.41) is 22.4. The number of ether oxygens (including phenoxy) is 1. The molecule has 1 unspecified atom stereocenters. The highest BCUT2D eigenvalue weighted by Gasteiger charge is 2.30. The van der Waals surface area contributed by atoms with Gasteiger partial charge in [0, 0.05) is 17.7 Å². The van der Waals surface area contributed by atoms with Crippen molar-refractivity contribution in [2.24, 2.45) is 5.92 Å². The summed E-state index contributed by atoms with van der Waals surface area (Å²) in [5.41, 5.74) is -0.142. The zero-order valence-electron chi connectivity index (χ0n) is 11.9. The van der Waals surface area contributed by atoms with Crippen LogP contribution in [-0.4, -0.2) is 35.1 Å². The van der Waals surface area contributed by atoms with E-state index in [4.69, 9.17) is 9.84 Å². The predicted molar refractivity (Wildman–Crippen MR) is 75.9 cm³/mol. The van der Waals surface area contributed by atoms with Gasteiger partial charge < -0.3 is 15.2 Å². The average molecular weight is 308 g/mol. The number of carbonyl (C=O) groups is 2. The minimum absolute atomic E-state index is 0.0493. The van der Waals surface area contributed by atoms with Crippen LogP contribution in [0.1, 0.15) is 29.6 Å². The van der Waals surface area contributed by atoms with Gasteiger partial charge in [0.05, 0.1) is 12.0 Å². The van der Waals surface area contributed by atoms with Crippen molar-refractivity contribution in [2.75, 3.05) is 7.11 Å². The Balaban J connectivity index is 2.13. The van der Waals surface area contributed by atoms with E-state index < -0.39 is 22.8 Å². The molecule has 1 fully saturated rings. The number of nitrogens with one attached hydrogen (secondary N) is 1. The van der Waals surface area contributed by atoms with E-state index in [1.54, 1.807) is 0 Å². The van der Waals surface area contributed by atoms with Crippen LogP contribution in [0, 0.1) is 16.0 Å². The standard InChI is InChI=1S/C14H16N2O6/c1-22-12-7-9(4-5-11(12)16(20)21)13(17)15-10(14(18)19)6-8-2-3-8/h4-5,7-8,10H,2-3,6H2,1H3,(H,15,17)(H,18,19). The van der Waals surface area contributed by atoms with Crippen molar-refractivity contribution in [2.45, 2.75) is 25.3 Å². The van der Waals surface area contributed by atoms with Gasteiger partial charge in [-0.1, -0.05) is 12.8 Å². The average Bonchev–Trinajstić information content (AvgIpc) is 3.29. The second-order valence-electron chi connectivity index (χ2n) is 5.19. The van der Waals surface area contributed by atoms with Crippen molar-refractivity contribution in [3.8, 4) is 5.75 Å². The van der Waals surface area contributed by atoms with Gasteiger partial charge in [0.1, 0.15) is 6.04 Å². The molecule has 1 aromatic carbocycles. The number of methoxy groups -OCH3 is 1. The fraction of sp³-hybridized carbons (Fsp3) is 0.429. The molecular formula is C14H16N2O6. The first-order valence-electron chi connectivity index (χ1n) is 6.78. The Morgan fingerprint density at radius 3 is 2.68 bits per heavy atom. The molecule has 2 rings (SSSR count). The van der Waals surface area contributed by atoms with E-state index in [0.29, 0.717) is 12.3 Å². The van der Waals surface area contributed by atoms with Crippen LogP contribution in [0.3, 0.4) is 0 Å². The Bertz CT molecular complexity index is 611. The first kappa shape index (κ1) is 15.7. The first-order chi connectivity index (χ1) is 10.4. The van der Waals surface area contributed by atoms with Gasteiger partial charge in [0.15, 0.2) is 5.75 Å². The van der Waals surface area contributed by atoms with Gasteiger partial charge in [-0.25, -0.2) is 4.79 Å². The van der Waals surface area contributed by atoms with Gasteiger partial charge in [0.2, 0.25) is 0 Å². The minimum Gasteiger partial charge on any atom is -0.490 e. The molecule has 0 aromatic heterocycles. The lowest BCUT2D eigenvalue weighted by atomic mass is 10.1. The minimum atomic E-state index is -1.09. The largest absolute Gasteiger partial charge is 0.490 e. The number of amides is 1. The third-order valence-electron chi connectivity index (χ3n) is 3.51. The van der Waals surface area contributed by atoms with Gasteiger partial charge >= 0.3 is 11.7 Å². The number of benzene rings is 1. The van der Waals surface area contributed by atoms with Crippen LogP contribution >= 0.6 is 0 Å². The number of hydrogen-bond donors (Lipinski definition) is 2. The molecule has 22 heavy (non-hydrogen) atoms. The van der Waals surface area contributed by atoms with E-state index in [9.17, 15) is 19.7 Å². The summed E-state index contributed by atoms with van der Waals surface area (Å²) in [7, 11) is 1.26. The number of nitrogens with zero attached hydrogens (tertiary/aromatic N) is 1. The van der Waals surface area contributed by atoms with Gasteiger partial charge in [-0.15, -0.1) is 0 Å². The maximum absolute atomic E-state index is 12.1. The van der Waals surface area contributed by atoms with Crippen molar-refractivity contribution in [1.82, 2.24) is 5.32 Å². The second-order valence-corrected chi connectivity index (χ2v) is 5.19. The highest BCUT2D eigenvalue weighted by molar-refractivity contribution is 5.97. The van der Waals surface area contributed by atoms with Gasteiger partial charge in [-0.2, -0.15) is 0 Å². The number of rotatable bonds is 7. The van der Waals surface area contributed by atoms with Crippen molar-refractivity contribution < 1.29 is 24.4 Å². The SMILES string of the molecule is COc1cc(C(=O)NC(CC2CC2)C(=O)O)ccc1[N+](=O)[O-]. The molecule has 1 aliphatic carbocycles. The monoisotopic (exact) mass is 308 g/mol. The van der Waals surface area contributed by atoms with Crippen LogP contribution in [0.25, 0.3) is 0 Å². The number of carboxylic acids is 1. The molecule has 2 N–H and O–H groups in total. The van der Waals surface area contributed by atoms with Crippen molar-refractivity contribution >= 4 is 17.6 Å². The van der Waals surface area contributed by atoms with Crippen LogP contribution in [0.5, 0.6) is 5.75 Å². The molecule has 8 heteroatoms. The highest BCUT2D eigenvalue weighted by atomic mass is 16.6. The van der Waals surface area contributed by atoms with E-state index in [1.807, 2.05) is 0 Å². The normalized spacial score (nSPS) is 15.0.